The van der Waals surface area contributed by atoms with Gasteiger partial charge in [0.1, 0.15) is 23.4 Å². The van der Waals surface area contributed by atoms with Gasteiger partial charge in [-0.15, -0.1) is 10.2 Å². The molecule has 0 bridgehead atoms. The first-order valence-electron chi connectivity index (χ1n) is 14.2. The number of ether oxygens (including phenoxy) is 2. The summed E-state index contributed by atoms with van der Waals surface area (Å²) in [6.07, 6.45) is 4.13. The lowest BCUT2D eigenvalue weighted by Gasteiger charge is -2.49. The molecule has 0 radical (unpaired) electrons. The zero-order valence-electron chi connectivity index (χ0n) is 23.9. The van der Waals surface area contributed by atoms with Gasteiger partial charge in [-0.1, -0.05) is 26.0 Å². The second-order valence-electron chi connectivity index (χ2n) is 11.5. The van der Waals surface area contributed by atoms with Crippen molar-refractivity contribution in [1.29, 1.82) is 0 Å². The molecule has 3 aromatic heterocycles. The van der Waals surface area contributed by atoms with Crippen molar-refractivity contribution >= 4 is 22.8 Å². The number of fused-ring (bicyclic) bond motifs is 3. The summed E-state index contributed by atoms with van der Waals surface area (Å²) < 4.78 is 15.8. The molecule has 1 aromatic carbocycles. The van der Waals surface area contributed by atoms with Crippen LogP contribution in [0.1, 0.15) is 58.0 Å². The van der Waals surface area contributed by atoms with Crippen molar-refractivity contribution < 1.29 is 9.47 Å². The number of hydrogen-bond acceptors (Lipinski definition) is 8. The lowest BCUT2D eigenvalue weighted by Crippen LogP contribution is -2.58. The number of aryl methyl sites for hydroxylation is 1. The Bertz CT molecular complexity index is 1460. The number of imidazole rings is 1. The fraction of sp³-hybridized carbons (Fsp3) is 0.586. The molecular weight excluding hydrogens is 492 g/mol. The quantitative estimate of drug-likeness (QED) is 0.349. The van der Waals surface area contributed by atoms with Crippen LogP contribution in [0, 0.1) is 12.8 Å². The molecule has 2 fully saturated rings. The molecule has 0 spiro atoms. The molecule has 208 valence electrons. The van der Waals surface area contributed by atoms with Gasteiger partial charge in [0.15, 0.2) is 11.5 Å². The van der Waals surface area contributed by atoms with Crippen molar-refractivity contribution in [1.82, 2.24) is 34.0 Å². The Labute approximate surface area is 229 Å². The van der Waals surface area contributed by atoms with Crippen LogP contribution in [0.2, 0.25) is 0 Å². The Balaban J connectivity index is 1.36. The molecule has 0 N–H and O–H groups in total. The minimum atomic E-state index is 0.205. The van der Waals surface area contributed by atoms with Gasteiger partial charge in [-0.2, -0.15) is 4.98 Å². The highest BCUT2D eigenvalue weighted by Gasteiger charge is 2.37. The number of benzene rings is 1. The van der Waals surface area contributed by atoms with E-state index in [0.29, 0.717) is 23.8 Å². The Morgan fingerprint density at radius 2 is 1.97 bits per heavy atom. The third-order valence-corrected chi connectivity index (χ3v) is 8.45. The SMILES string of the molecule is COc1cccc([C@H](C(C)C)N2C[C@H](C)N(c3nc4nncn4c4c3nc(C)n4CC3CCCO3)C[C@H]2C)c1. The maximum atomic E-state index is 5.98. The Hall–Kier alpha value is -3.24. The average Bonchev–Trinajstić information content (AvgIpc) is 3.67. The van der Waals surface area contributed by atoms with E-state index < -0.39 is 0 Å². The molecule has 0 saturated carbocycles. The van der Waals surface area contributed by atoms with Gasteiger partial charge in [-0.3, -0.25) is 4.90 Å². The van der Waals surface area contributed by atoms with Gasteiger partial charge in [0.25, 0.3) is 5.78 Å². The minimum absolute atomic E-state index is 0.205. The Morgan fingerprint density at radius 3 is 2.72 bits per heavy atom. The predicted molar refractivity (Wildman–Crippen MR) is 151 cm³/mol. The average molecular weight is 533 g/mol. The van der Waals surface area contributed by atoms with Gasteiger partial charge in [0.05, 0.1) is 19.8 Å². The maximum Gasteiger partial charge on any atom is 0.258 e. The van der Waals surface area contributed by atoms with E-state index in [0.717, 1.165) is 67.6 Å². The molecule has 6 rings (SSSR count). The van der Waals surface area contributed by atoms with Gasteiger partial charge in [0, 0.05) is 37.8 Å². The topological polar surface area (TPSA) is 85.8 Å². The third kappa shape index (κ3) is 4.63. The van der Waals surface area contributed by atoms with Gasteiger partial charge in [-0.25, -0.2) is 9.38 Å². The van der Waals surface area contributed by atoms with Crippen LogP contribution in [0.3, 0.4) is 0 Å². The van der Waals surface area contributed by atoms with E-state index in [9.17, 15) is 0 Å². The molecular formula is C29H40N8O2. The molecule has 4 aromatic rings. The van der Waals surface area contributed by atoms with E-state index in [4.69, 9.17) is 19.4 Å². The van der Waals surface area contributed by atoms with Crippen molar-refractivity contribution in [3.05, 3.63) is 42.0 Å². The standard InChI is InChI=1S/C29H40N8O2/c1-18(2)26(22-9-7-10-23(13-22)38-6)34-14-20(4)35(15-19(34)3)27-25-28(37-17-30-33-29(37)32-27)36(21(5)31-25)16-24-11-8-12-39-24/h7,9-10,13,17-20,24,26H,8,11-12,14-16H2,1-6H3/t19-,20+,24?,26+/m1/s1. The molecule has 1 unspecified atom stereocenters. The summed E-state index contributed by atoms with van der Waals surface area (Å²) in [6, 6.07) is 9.35. The summed E-state index contributed by atoms with van der Waals surface area (Å²) >= 11 is 0. The van der Waals surface area contributed by atoms with Crippen LogP contribution in [-0.2, 0) is 11.3 Å². The fourth-order valence-corrected chi connectivity index (χ4v) is 6.58. The molecule has 5 heterocycles. The Kier molecular flexibility index (Phi) is 6.93. The van der Waals surface area contributed by atoms with Crippen molar-refractivity contribution in [2.75, 3.05) is 31.7 Å². The van der Waals surface area contributed by atoms with Crippen LogP contribution in [0.4, 0.5) is 5.82 Å². The normalized spacial score (nSPS) is 23.4. The molecule has 0 aliphatic carbocycles. The lowest BCUT2D eigenvalue weighted by atomic mass is 9.91. The molecule has 2 aliphatic heterocycles. The largest absolute Gasteiger partial charge is 0.497 e. The van der Waals surface area contributed by atoms with Crippen LogP contribution in [0.5, 0.6) is 5.75 Å². The second kappa shape index (κ2) is 10.4. The van der Waals surface area contributed by atoms with Crippen molar-refractivity contribution in [3.8, 4) is 5.75 Å². The van der Waals surface area contributed by atoms with Gasteiger partial charge in [-0.05, 0) is 57.2 Å². The first-order chi connectivity index (χ1) is 18.9. The molecule has 4 atom stereocenters. The molecule has 39 heavy (non-hydrogen) atoms. The molecule has 2 saturated heterocycles. The third-order valence-electron chi connectivity index (χ3n) is 8.45. The van der Waals surface area contributed by atoms with Gasteiger partial charge >= 0.3 is 0 Å². The zero-order chi connectivity index (χ0) is 27.3. The summed E-state index contributed by atoms with van der Waals surface area (Å²) in [7, 11) is 1.73. The van der Waals surface area contributed by atoms with E-state index in [1.54, 1.807) is 13.4 Å². The number of nitrogens with zero attached hydrogens (tertiary/aromatic N) is 8. The number of piperazine rings is 1. The van der Waals surface area contributed by atoms with Crippen LogP contribution >= 0.6 is 0 Å². The van der Waals surface area contributed by atoms with Crippen molar-refractivity contribution in [3.63, 3.8) is 0 Å². The fourth-order valence-electron chi connectivity index (χ4n) is 6.58. The minimum Gasteiger partial charge on any atom is -0.497 e. The zero-order valence-corrected chi connectivity index (χ0v) is 23.9. The maximum absolute atomic E-state index is 5.98. The summed E-state index contributed by atoms with van der Waals surface area (Å²) in [5.74, 6) is 3.80. The van der Waals surface area contributed by atoms with Crippen LogP contribution in [-0.4, -0.2) is 79.0 Å². The molecule has 10 heteroatoms. The first-order valence-corrected chi connectivity index (χ1v) is 14.2. The van der Waals surface area contributed by atoms with Crippen LogP contribution in [0.15, 0.2) is 30.6 Å². The summed E-state index contributed by atoms with van der Waals surface area (Å²) in [4.78, 5) is 15.2. The summed E-state index contributed by atoms with van der Waals surface area (Å²) in [5.41, 5.74) is 3.19. The van der Waals surface area contributed by atoms with Crippen molar-refractivity contribution in [2.45, 2.75) is 78.2 Å². The number of hydrogen-bond donors (Lipinski definition) is 0. The number of aromatic nitrogens is 6. The highest BCUT2D eigenvalue weighted by atomic mass is 16.5. The predicted octanol–water partition coefficient (Wildman–Crippen LogP) is 4.27. The Morgan fingerprint density at radius 1 is 1.13 bits per heavy atom. The van der Waals surface area contributed by atoms with E-state index in [-0.39, 0.29) is 12.1 Å². The van der Waals surface area contributed by atoms with Crippen molar-refractivity contribution in [2.24, 2.45) is 5.92 Å². The van der Waals surface area contributed by atoms with Gasteiger partial charge < -0.3 is 18.9 Å². The number of methoxy groups -OCH3 is 1. The number of anilines is 1. The molecule has 10 nitrogen and oxygen atoms in total. The van der Waals surface area contributed by atoms with E-state index in [1.807, 2.05) is 10.5 Å². The summed E-state index contributed by atoms with van der Waals surface area (Å²) in [6.45, 7) is 14.7. The highest BCUT2D eigenvalue weighted by molar-refractivity contribution is 5.87. The van der Waals surface area contributed by atoms with E-state index in [2.05, 4.69) is 77.4 Å². The van der Waals surface area contributed by atoms with Crippen LogP contribution in [0.25, 0.3) is 16.9 Å². The number of rotatable bonds is 7. The lowest BCUT2D eigenvalue weighted by molar-refractivity contribution is 0.0820. The first kappa shape index (κ1) is 26.0. The summed E-state index contributed by atoms with van der Waals surface area (Å²) in [5, 5.41) is 8.55. The van der Waals surface area contributed by atoms with Gasteiger partial charge in [0.2, 0.25) is 0 Å². The monoisotopic (exact) mass is 532 g/mol. The van der Waals surface area contributed by atoms with E-state index in [1.165, 1.54) is 5.56 Å². The van der Waals surface area contributed by atoms with Crippen LogP contribution < -0.4 is 9.64 Å². The highest BCUT2D eigenvalue weighted by Crippen LogP contribution is 2.37. The molecule has 0 amide bonds. The molecule has 2 aliphatic rings. The smallest absolute Gasteiger partial charge is 0.258 e. The second-order valence-corrected chi connectivity index (χ2v) is 11.5. The van der Waals surface area contributed by atoms with E-state index >= 15 is 0 Å².